The zero-order valence-corrected chi connectivity index (χ0v) is 14.2. The third-order valence-corrected chi connectivity index (χ3v) is 3.95. The van der Waals surface area contributed by atoms with Crippen molar-refractivity contribution in [2.45, 2.75) is 32.9 Å². The fourth-order valence-corrected chi connectivity index (χ4v) is 2.67. The number of aryl methyl sites for hydroxylation is 1. The Balaban J connectivity index is 1.89. The minimum absolute atomic E-state index is 0.0261. The number of hydrogen-bond donors (Lipinski definition) is 1. The van der Waals surface area contributed by atoms with E-state index in [1.807, 2.05) is 27.1 Å². The van der Waals surface area contributed by atoms with Gasteiger partial charge >= 0.3 is 0 Å². The summed E-state index contributed by atoms with van der Waals surface area (Å²) in [6.45, 7) is 4.28. The molecule has 0 aliphatic rings. The standard InChI is InChI=1S/C17H19F2N5O/c1-10(2)24(9-11-7-20-23(3)8-11)17(25)12-4-5-13-14(6-12)22-16(21-13)15(18)19/h4-8,10,15H,9H2,1-3H3,(H,21,22). The van der Waals surface area contributed by atoms with Gasteiger partial charge in [-0.3, -0.25) is 9.48 Å². The van der Waals surface area contributed by atoms with Gasteiger partial charge in [0, 0.05) is 37.0 Å². The van der Waals surface area contributed by atoms with Crippen molar-refractivity contribution >= 4 is 16.9 Å². The molecule has 8 heteroatoms. The first kappa shape index (κ1) is 17.1. The number of alkyl halides is 2. The predicted molar refractivity (Wildman–Crippen MR) is 89.3 cm³/mol. The molecular weight excluding hydrogens is 328 g/mol. The van der Waals surface area contributed by atoms with Gasteiger partial charge in [-0.1, -0.05) is 0 Å². The zero-order chi connectivity index (χ0) is 18.1. The topological polar surface area (TPSA) is 66.8 Å². The maximum Gasteiger partial charge on any atom is 0.295 e. The molecule has 6 nitrogen and oxygen atoms in total. The molecule has 0 unspecified atom stereocenters. The maximum atomic E-state index is 12.9. The monoisotopic (exact) mass is 347 g/mol. The number of amides is 1. The molecule has 0 bridgehead atoms. The number of hydrogen-bond acceptors (Lipinski definition) is 3. The largest absolute Gasteiger partial charge is 0.337 e. The van der Waals surface area contributed by atoms with Crippen LogP contribution in [-0.4, -0.2) is 36.6 Å². The first-order valence-electron chi connectivity index (χ1n) is 7.91. The number of fused-ring (bicyclic) bond motifs is 1. The molecule has 0 saturated heterocycles. The van der Waals surface area contributed by atoms with Crippen LogP contribution >= 0.6 is 0 Å². The van der Waals surface area contributed by atoms with Gasteiger partial charge in [-0.05, 0) is 32.0 Å². The predicted octanol–water partition coefficient (Wildman–Crippen LogP) is 3.28. The van der Waals surface area contributed by atoms with Crippen LogP contribution < -0.4 is 0 Å². The van der Waals surface area contributed by atoms with E-state index in [1.165, 1.54) is 0 Å². The third kappa shape index (κ3) is 3.52. The van der Waals surface area contributed by atoms with E-state index in [2.05, 4.69) is 15.1 Å². The van der Waals surface area contributed by atoms with Gasteiger partial charge in [0.1, 0.15) is 0 Å². The second kappa shape index (κ2) is 6.62. The fraction of sp³-hybridized carbons (Fsp3) is 0.353. The lowest BCUT2D eigenvalue weighted by molar-refractivity contribution is 0.0690. The molecule has 1 amide bonds. The van der Waals surface area contributed by atoms with Crippen LogP contribution in [0.3, 0.4) is 0 Å². The second-order valence-corrected chi connectivity index (χ2v) is 6.20. The van der Waals surface area contributed by atoms with Crippen LogP contribution in [0.2, 0.25) is 0 Å². The number of nitrogens with zero attached hydrogens (tertiary/aromatic N) is 4. The van der Waals surface area contributed by atoms with E-state index in [4.69, 9.17) is 0 Å². The van der Waals surface area contributed by atoms with E-state index < -0.39 is 12.2 Å². The Labute approximate surface area is 143 Å². The quantitative estimate of drug-likeness (QED) is 0.770. The number of aromatic amines is 1. The average Bonchev–Trinajstić information content (AvgIpc) is 3.16. The van der Waals surface area contributed by atoms with E-state index >= 15 is 0 Å². The number of carbonyl (C=O) groups is 1. The van der Waals surface area contributed by atoms with Gasteiger partial charge in [-0.15, -0.1) is 0 Å². The molecule has 0 atom stereocenters. The van der Waals surface area contributed by atoms with Gasteiger partial charge in [-0.25, -0.2) is 13.8 Å². The van der Waals surface area contributed by atoms with Crippen LogP contribution in [-0.2, 0) is 13.6 Å². The molecule has 1 N–H and O–H groups in total. The Kier molecular flexibility index (Phi) is 4.52. The van der Waals surface area contributed by atoms with E-state index in [-0.39, 0.29) is 11.9 Å². The van der Waals surface area contributed by atoms with Crippen LogP contribution in [0.1, 0.15) is 42.0 Å². The van der Waals surface area contributed by atoms with Gasteiger partial charge in [0.15, 0.2) is 5.82 Å². The molecule has 3 rings (SSSR count). The van der Waals surface area contributed by atoms with E-state index in [1.54, 1.807) is 34.0 Å². The van der Waals surface area contributed by atoms with Crippen LogP contribution in [0.15, 0.2) is 30.6 Å². The SMILES string of the molecule is CC(C)N(Cc1cnn(C)c1)C(=O)c1ccc2nc(C(F)F)[nH]c2c1. The number of H-pyrrole nitrogens is 1. The zero-order valence-electron chi connectivity index (χ0n) is 14.2. The van der Waals surface area contributed by atoms with Crippen molar-refractivity contribution in [3.05, 3.63) is 47.5 Å². The summed E-state index contributed by atoms with van der Waals surface area (Å²) in [6.07, 6.45) is 0.898. The summed E-state index contributed by atoms with van der Waals surface area (Å²) >= 11 is 0. The average molecular weight is 347 g/mol. The Morgan fingerprint density at radius 2 is 2.12 bits per heavy atom. The van der Waals surface area contributed by atoms with Crippen LogP contribution in [0.5, 0.6) is 0 Å². The number of carbonyl (C=O) groups excluding carboxylic acids is 1. The minimum atomic E-state index is -2.68. The van der Waals surface area contributed by atoms with Crippen LogP contribution in [0, 0.1) is 0 Å². The molecule has 2 aromatic heterocycles. The molecule has 25 heavy (non-hydrogen) atoms. The maximum absolute atomic E-state index is 12.9. The van der Waals surface area contributed by atoms with E-state index in [9.17, 15) is 13.6 Å². The molecule has 0 radical (unpaired) electrons. The lowest BCUT2D eigenvalue weighted by atomic mass is 10.1. The molecule has 0 aliphatic heterocycles. The van der Waals surface area contributed by atoms with Gasteiger partial charge in [0.2, 0.25) is 0 Å². The lowest BCUT2D eigenvalue weighted by Gasteiger charge is -2.26. The molecule has 0 aliphatic carbocycles. The summed E-state index contributed by atoms with van der Waals surface area (Å²) in [5, 5.41) is 4.12. The molecule has 1 aromatic carbocycles. The molecule has 132 valence electrons. The highest BCUT2D eigenvalue weighted by molar-refractivity contribution is 5.97. The number of benzene rings is 1. The smallest absolute Gasteiger partial charge is 0.295 e. The lowest BCUT2D eigenvalue weighted by Crippen LogP contribution is -2.36. The number of imidazole rings is 1. The third-order valence-electron chi connectivity index (χ3n) is 3.95. The fourth-order valence-electron chi connectivity index (χ4n) is 2.67. The summed E-state index contributed by atoms with van der Waals surface area (Å²) in [5.74, 6) is -0.565. The Bertz CT molecular complexity index is 899. The van der Waals surface area contributed by atoms with Crippen LogP contribution in [0.4, 0.5) is 8.78 Å². The number of rotatable bonds is 5. The molecular formula is C17H19F2N5O. The van der Waals surface area contributed by atoms with Crippen molar-refractivity contribution in [1.82, 2.24) is 24.6 Å². The molecule has 3 aromatic rings. The van der Waals surface area contributed by atoms with Crippen molar-refractivity contribution < 1.29 is 13.6 Å². The Morgan fingerprint density at radius 3 is 2.72 bits per heavy atom. The first-order valence-corrected chi connectivity index (χ1v) is 7.91. The van der Waals surface area contributed by atoms with Gasteiger partial charge in [0.25, 0.3) is 12.3 Å². The molecule has 0 saturated carbocycles. The highest BCUT2D eigenvalue weighted by Crippen LogP contribution is 2.22. The second-order valence-electron chi connectivity index (χ2n) is 6.20. The summed E-state index contributed by atoms with van der Waals surface area (Å²) in [6, 6.07) is 4.73. The molecule has 0 spiro atoms. The van der Waals surface area contributed by atoms with Crippen molar-refractivity contribution in [1.29, 1.82) is 0 Å². The summed E-state index contributed by atoms with van der Waals surface area (Å²) in [5.41, 5.74) is 2.18. The highest BCUT2D eigenvalue weighted by Gasteiger charge is 2.21. The number of nitrogens with one attached hydrogen (secondary N) is 1. The van der Waals surface area contributed by atoms with Crippen molar-refractivity contribution in [3.63, 3.8) is 0 Å². The van der Waals surface area contributed by atoms with Gasteiger partial charge in [0.05, 0.1) is 17.2 Å². The Morgan fingerprint density at radius 1 is 1.36 bits per heavy atom. The van der Waals surface area contributed by atoms with Gasteiger partial charge < -0.3 is 9.88 Å². The first-order chi connectivity index (χ1) is 11.8. The van der Waals surface area contributed by atoms with E-state index in [0.717, 1.165) is 5.56 Å². The minimum Gasteiger partial charge on any atom is -0.337 e. The normalized spacial score (nSPS) is 11.6. The summed E-state index contributed by atoms with van der Waals surface area (Å²) < 4.78 is 27.2. The summed E-state index contributed by atoms with van der Waals surface area (Å²) in [4.78, 5) is 21.0. The highest BCUT2D eigenvalue weighted by atomic mass is 19.3. The van der Waals surface area contributed by atoms with Crippen molar-refractivity contribution in [2.24, 2.45) is 7.05 Å². The van der Waals surface area contributed by atoms with E-state index in [0.29, 0.717) is 23.1 Å². The molecule has 2 heterocycles. The molecule has 0 fully saturated rings. The number of aromatic nitrogens is 4. The van der Waals surface area contributed by atoms with Crippen molar-refractivity contribution in [3.8, 4) is 0 Å². The number of halogens is 2. The van der Waals surface area contributed by atoms with Crippen LogP contribution in [0.25, 0.3) is 11.0 Å². The van der Waals surface area contributed by atoms with Crippen molar-refractivity contribution in [2.75, 3.05) is 0 Å². The Hall–Kier alpha value is -2.77. The van der Waals surface area contributed by atoms with Gasteiger partial charge in [-0.2, -0.15) is 5.10 Å². The summed E-state index contributed by atoms with van der Waals surface area (Å²) in [7, 11) is 1.82.